The summed E-state index contributed by atoms with van der Waals surface area (Å²) in [6, 6.07) is 8.31. The number of benzene rings is 1. The monoisotopic (exact) mass is 382 g/mol. The predicted octanol–water partition coefficient (Wildman–Crippen LogP) is 4.41. The molecule has 1 aliphatic rings. The third-order valence-electron chi connectivity index (χ3n) is 4.49. The topological polar surface area (TPSA) is 81.6 Å². The van der Waals surface area contributed by atoms with Crippen LogP contribution in [0, 0.1) is 18.3 Å². The van der Waals surface area contributed by atoms with Crippen molar-refractivity contribution < 1.29 is 4.79 Å². The lowest BCUT2D eigenvalue weighted by Gasteiger charge is -2.09. The predicted molar refractivity (Wildman–Crippen MR) is 106 cm³/mol. The van der Waals surface area contributed by atoms with Crippen molar-refractivity contribution in [3.8, 4) is 6.07 Å². The van der Waals surface area contributed by atoms with Crippen LogP contribution in [0.25, 0.3) is 11.0 Å². The third-order valence-corrected chi connectivity index (χ3v) is 6.57. The minimum Gasteiger partial charge on any atom is -0.333 e. The fourth-order valence-electron chi connectivity index (χ4n) is 3.24. The quantitative estimate of drug-likeness (QED) is 0.655. The van der Waals surface area contributed by atoms with Gasteiger partial charge >= 0.3 is 0 Å². The van der Waals surface area contributed by atoms with Crippen molar-refractivity contribution >= 4 is 45.0 Å². The van der Waals surface area contributed by atoms with Crippen LogP contribution in [0.2, 0.25) is 0 Å². The Bertz CT molecular complexity index is 1030. The van der Waals surface area contributed by atoms with Crippen molar-refractivity contribution in [3.05, 3.63) is 39.8 Å². The molecule has 7 heteroatoms. The summed E-state index contributed by atoms with van der Waals surface area (Å²) in [5.74, 6) is 0.147. The third kappa shape index (κ3) is 3.35. The van der Waals surface area contributed by atoms with E-state index >= 15 is 0 Å². The van der Waals surface area contributed by atoms with Crippen LogP contribution >= 0.6 is 23.1 Å². The number of carbonyl (C=O) groups is 1. The summed E-state index contributed by atoms with van der Waals surface area (Å²) in [5, 5.41) is 13.8. The summed E-state index contributed by atoms with van der Waals surface area (Å²) < 4.78 is 0. The van der Waals surface area contributed by atoms with Gasteiger partial charge in [0.15, 0.2) is 5.16 Å². The molecule has 0 radical (unpaired) electrons. The molecule has 0 bridgehead atoms. The fourth-order valence-corrected chi connectivity index (χ4v) is 5.18. The van der Waals surface area contributed by atoms with Crippen LogP contribution in [-0.2, 0) is 17.6 Å². The Kier molecular flexibility index (Phi) is 4.70. The second-order valence-corrected chi connectivity index (χ2v) is 8.50. The molecule has 0 fully saturated rings. The summed E-state index contributed by atoms with van der Waals surface area (Å²) in [6.45, 7) is 2.04. The molecule has 2 aromatic heterocycles. The maximum Gasteiger partial charge on any atom is 0.235 e. The number of nitrogens with one attached hydrogen (secondary N) is 2. The number of amides is 1. The SMILES string of the molecule is Cc1ccc2nc(SCC(=O)Nc3sc4c(c3C#N)CCCC4)[nH]c2c1. The van der Waals surface area contributed by atoms with Crippen LogP contribution in [0.3, 0.4) is 0 Å². The van der Waals surface area contributed by atoms with Gasteiger partial charge in [0.05, 0.1) is 22.3 Å². The largest absolute Gasteiger partial charge is 0.333 e. The van der Waals surface area contributed by atoms with Gasteiger partial charge in [-0.3, -0.25) is 4.79 Å². The van der Waals surface area contributed by atoms with Crippen LogP contribution in [0.1, 0.15) is 34.4 Å². The molecule has 1 aliphatic carbocycles. The van der Waals surface area contributed by atoms with Crippen LogP contribution in [0.5, 0.6) is 0 Å². The van der Waals surface area contributed by atoms with Gasteiger partial charge in [0.2, 0.25) is 5.91 Å². The van der Waals surface area contributed by atoms with E-state index < -0.39 is 0 Å². The summed E-state index contributed by atoms with van der Waals surface area (Å²) in [6.07, 6.45) is 4.23. The molecular weight excluding hydrogens is 364 g/mol. The van der Waals surface area contributed by atoms with E-state index in [0.29, 0.717) is 10.6 Å². The molecule has 0 spiro atoms. The zero-order valence-corrected chi connectivity index (χ0v) is 16.0. The number of nitrogens with zero attached hydrogens (tertiary/aromatic N) is 2. The van der Waals surface area contributed by atoms with E-state index in [9.17, 15) is 10.1 Å². The number of aryl methyl sites for hydroxylation is 2. The number of imidazole rings is 1. The number of thioether (sulfide) groups is 1. The highest BCUT2D eigenvalue weighted by molar-refractivity contribution is 7.99. The number of carbonyl (C=O) groups excluding carboxylic acids is 1. The maximum absolute atomic E-state index is 12.4. The summed E-state index contributed by atoms with van der Waals surface area (Å²) in [7, 11) is 0. The summed E-state index contributed by atoms with van der Waals surface area (Å²) in [4.78, 5) is 21.4. The highest BCUT2D eigenvalue weighted by Crippen LogP contribution is 2.37. The Morgan fingerprint density at radius 1 is 1.42 bits per heavy atom. The lowest BCUT2D eigenvalue weighted by Crippen LogP contribution is -2.14. The van der Waals surface area contributed by atoms with Gasteiger partial charge < -0.3 is 10.3 Å². The Balaban J connectivity index is 1.44. The van der Waals surface area contributed by atoms with Crippen LogP contribution in [0.4, 0.5) is 5.00 Å². The molecule has 3 aromatic rings. The van der Waals surface area contributed by atoms with Gasteiger partial charge in [0.1, 0.15) is 11.1 Å². The zero-order valence-electron chi connectivity index (χ0n) is 14.4. The first-order valence-electron chi connectivity index (χ1n) is 8.57. The normalized spacial score (nSPS) is 13.4. The maximum atomic E-state index is 12.4. The Labute approximate surface area is 159 Å². The highest BCUT2D eigenvalue weighted by Gasteiger charge is 2.21. The number of anilines is 1. The molecule has 0 saturated heterocycles. The molecule has 2 N–H and O–H groups in total. The van der Waals surface area contributed by atoms with Gasteiger partial charge in [-0.25, -0.2) is 4.98 Å². The van der Waals surface area contributed by atoms with Crippen LogP contribution < -0.4 is 5.32 Å². The van der Waals surface area contributed by atoms with Crippen molar-refractivity contribution in [1.82, 2.24) is 9.97 Å². The molecule has 2 heterocycles. The van der Waals surface area contributed by atoms with E-state index in [1.165, 1.54) is 22.2 Å². The van der Waals surface area contributed by atoms with Gasteiger partial charge in [-0.1, -0.05) is 17.8 Å². The Morgan fingerprint density at radius 3 is 3.12 bits per heavy atom. The van der Waals surface area contributed by atoms with Crippen molar-refractivity contribution in [2.75, 3.05) is 11.1 Å². The average molecular weight is 383 g/mol. The lowest BCUT2D eigenvalue weighted by molar-refractivity contribution is -0.113. The number of aromatic amines is 1. The number of thiophene rings is 1. The van der Waals surface area contributed by atoms with Gasteiger partial charge in [-0.05, 0) is 55.9 Å². The number of hydrogen-bond acceptors (Lipinski definition) is 5. The molecule has 132 valence electrons. The Hall–Kier alpha value is -2.30. The van der Waals surface area contributed by atoms with Gasteiger partial charge in [0.25, 0.3) is 0 Å². The smallest absolute Gasteiger partial charge is 0.235 e. The van der Waals surface area contributed by atoms with Crippen molar-refractivity contribution in [1.29, 1.82) is 5.26 Å². The zero-order chi connectivity index (χ0) is 18.1. The average Bonchev–Trinajstić information content (AvgIpc) is 3.19. The Morgan fingerprint density at radius 2 is 2.27 bits per heavy atom. The van der Waals surface area contributed by atoms with Crippen molar-refractivity contribution in [3.63, 3.8) is 0 Å². The summed E-state index contributed by atoms with van der Waals surface area (Å²) >= 11 is 2.93. The minimum absolute atomic E-state index is 0.110. The van der Waals surface area contributed by atoms with E-state index in [0.717, 1.165) is 47.4 Å². The molecule has 1 aromatic carbocycles. The van der Waals surface area contributed by atoms with Crippen LogP contribution in [0.15, 0.2) is 23.4 Å². The van der Waals surface area contributed by atoms with Gasteiger partial charge in [0, 0.05) is 4.88 Å². The second-order valence-electron chi connectivity index (χ2n) is 6.43. The van der Waals surface area contributed by atoms with Crippen molar-refractivity contribution in [2.45, 2.75) is 37.8 Å². The first-order chi connectivity index (χ1) is 12.6. The number of rotatable bonds is 4. The van der Waals surface area contributed by atoms with E-state index in [1.54, 1.807) is 11.3 Å². The van der Waals surface area contributed by atoms with Gasteiger partial charge in [-0.15, -0.1) is 11.3 Å². The van der Waals surface area contributed by atoms with Crippen molar-refractivity contribution in [2.24, 2.45) is 0 Å². The standard InChI is InChI=1S/C19H18N4OS2/c1-11-6-7-14-15(8-11)22-19(21-14)25-10-17(24)23-18-13(9-20)12-4-2-3-5-16(12)26-18/h6-8H,2-5,10H2,1H3,(H,21,22)(H,23,24). The molecule has 4 rings (SSSR count). The molecule has 5 nitrogen and oxygen atoms in total. The number of H-pyrrole nitrogens is 1. The first-order valence-corrected chi connectivity index (χ1v) is 10.4. The van der Waals surface area contributed by atoms with E-state index in [1.807, 2.05) is 25.1 Å². The van der Waals surface area contributed by atoms with E-state index in [2.05, 4.69) is 21.4 Å². The fraction of sp³-hybridized carbons (Fsp3) is 0.316. The molecule has 26 heavy (non-hydrogen) atoms. The molecule has 0 atom stereocenters. The number of nitriles is 1. The number of hydrogen-bond donors (Lipinski definition) is 2. The summed E-state index contributed by atoms with van der Waals surface area (Å²) in [5.41, 5.74) is 4.84. The molecule has 0 unspecified atom stereocenters. The number of aromatic nitrogens is 2. The van der Waals surface area contributed by atoms with Gasteiger partial charge in [-0.2, -0.15) is 5.26 Å². The van der Waals surface area contributed by atoms with E-state index in [-0.39, 0.29) is 11.7 Å². The highest BCUT2D eigenvalue weighted by atomic mass is 32.2. The molecule has 1 amide bonds. The first kappa shape index (κ1) is 17.1. The lowest BCUT2D eigenvalue weighted by atomic mass is 9.96. The molecule has 0 saturated carbocycles. The number of fused-ring (bicyclic) bond motifs is 2. The second kappa shape index (κ2) is 7.14. The van der Waals surface area contributed by atoms with E-state index in [4.69, 9.17) is 0 Å². The molecular formula is C19H18N4OS2. The molecule has 0 aliphatic heterocycles. The minimum atomic E-state index is -0.110. The van der Waals surface area contributed by atoms with Crippen LogP contribution in [-0.4, -0.2) is 21.6 Å².